The zero-order valence-electron chi connectivity index (χ0n) is 11.8. The predicted molar refractivity (Wildman–Crippen MR) is 74.0 cm³/mol. The van der Waals surface area contributed by atoms with Gasteiger partial charge in [-0.3, -0.25) is 0 Å². The number of hydrogen-bond donors (Lipinski definition) is 1. The van der Waals surface area contributed by atoms with E-state index in [9.17, 15) is 0 Å². The van der Waals surface area contributed by atoms with Gasteiger partial charge in [-0.15, -0.1) is 5.10 Å². The van der Waals surface area contributed by atoms with Gasteiger partial charge in [0.05, 0.1) is 6.54 Å². The summed E-state index contributed by atoms with van der Waals surface area (Å²) in [4.78, 5) is 2.37. The summed E-state index contributed by atoms with van der Waals surface area (Å²) in [7, 11) is 0. The van der Waals surface area contributed by atoms with E-state index in [0.29, 0.717) is 18.5 Å². The molecule has 1 N–H and O–H groups in total. The smallest absolute Gasteiger partial charge is 0.318 e. The molecule has 3 rings (SSSR count). The van der Waals surface area contributed by atoms with Crippen LogP contribution in [0.3, 0.4) is 0 Å². The summed E-state index contributed by atoms with van der Waals surface area (Å²) < 4.78 is 5.82. The van der Waals surface area contributed by atoms with Crippen LogP contribution >= 0.6 is 0 Å². The van der Waals surface area contributed by atoms with E-state index in [1.807, 2.05) is 0 Å². The van der Waals surface area contributed by atoms with Crippen LogP contribution in [-0.2, 0) is 6.54 Å². The van der Waals surface area contributed by atoms with Gasteiger partial charge in [-0.2, -0.15) is 0 Å². The van der Waals surface area contributed by atoms with Crippen molar-refractivity contribution in [3.05, 3.63) is 5.89 Å². The molecular weight excluding hydrogens is 240 g/mol. The number of fused-ring (bicyclic) bond motifs is 1. The van der Waals surface area contributed by atoms with Crippen molar-refractivity contribution in [2.75, 3.05) is 18.0 Å². The molecule has 2 fully saturated rings. The number of rotatable bonds is 4. The summed E-state index contributed by atoms with van der Waals surface area (Å²) in [6, 6.07) is 1.37. The normalized spacial score (nSPS) is 27.3. The van der Waals surface area contributed by atoms with Crippen molar-refractivity contribution in [3.63, 3.8) is 0 Å². The van der Waals surface area contributed by atoms with Crippen molar-refractivity contribution in [3.8, 4) is 0 Å². The Hall–Kier alpha value is -1.10. The molecule has 2 unspecified atom stereocenters. The summed E-state index contributed by atoms with van der Waals surface area (Å²) in [6.07, 6.45) is 8.03. The molecule has 0 amide bonds. The van der Waals surface area contributed by atoms with Crippen molar-refractivity contribution in [2.24, 2.45) is 5.92 Å². The monoisotopic (exact) mass is 264 g/mol. The van der Waals surface area contributed by atoms with Crippen LogP contribution < -0.4 is 10.2 Å². The first-order valence-electron chi connectivity index (χ1n) is 7.68. The Labute approximate surface area is 114 Å². The molecule has 106 valence electrons. The molecule has 0 bridgehead atoms. The van der Waals surface area contributed by atoms with Crippen molar-refractivity contribution >= 4 is 6.01 Å². The van der Waals surface area contributed by atoms with E-state index in [2.05, 4.69) is 27.3 Å². The Morgan fingerprint density at radius 2 is 2.05 bits per heavy atom. The molecular formula is C14H24N4O. The minimum absolute atomic E-state index is 0.634. The zero-order chi connectivity index (χ0) is 13.1. The van der Waals surface area contributed by atoms with Gasteiger partial charge in [0.2, 0.25) is 5.89 Å². The number of piperidine rings is 1. The van der Waals surface area contributed by atoms with E-state index in [4.69, 9.17) is 4.42 Å². The standard InChI is InChI=1S/C14H24N4O/c1-2-15-10-13-16-17-14(19-13)18-9-5-7-11-6-3-4-8-12(11)18/h11-12,15H,2-10H2,1H3. The van der Waals surface area contributed by atoms with Gasteiger partial charge < -0.3 is 14.6 Å². The van der Waals surface area contributed by atoms with Gasteiger partial charge in [-0.1, -0.05) is 24.9 Å². The molecule has 2 heterocycles. The fourth-order valence-corrected chi connectivity index (χ4v) is 3.53. The summed E-state index contributed by atoms with van der Waals surface area (Å²) in [6.45, 7) is 4.75. The highest BCUT2D eigenvalue weighted by molar-refractivity contribution is 5.28. The third kappa shape index (κ3) is 2.76. The lowest BCUT2D eigenvalue weighted by atomic mass is 9.78. The van der Waals surface area contributed by atoms with E-state index in [-0.39, 0.29) is 0 Å². The highest BCUT2D eigenvalue weighted by atomic mass is 16.4. The van der Waals surface area contributed by atoms with Crippen LogP contribution in [0.5, 0.6) is 0 Å². The molecule has 19 heavy (non-hydrogen) atoms. The van der Waals surface area contributed by atoms with Crippen LogP contribution in [-0.4, -0.2) is 29.3 Å². The van der Waals surface area contributed by atoms with Crippen LogP contribution in [0.1, 0.15) is 51.3 Å². The topological polar surface area (TPSA) is 54.2 Å². The highest BCUT2D eigenvalue weighted by Gasteiger charge is 2.35. The average molecular weight is 264 g/mol. The summed E-state index contributed by atoms with van der Waals surface area (Å²) in [5, 5.41) is 11.6. The Bertz CT molecular complexity index is 404. The summed E-state index contributed by atoms with van der Waals surface area (Å²) >= 11 is 0. The fraction of sp³-hybridized carbons (Fsp3) is 0.857. The molecule has 0 aromatic carbocycles. The maximum absolute atomic E-state index is 5.82. The largest absolute Gasteiger partial charge is 0.407 e. The lowest BCUT2D eigenvalue weighted by Crippen LogP contribution is -2.47. The Balaban J connectivity index is 1.70. The quantitative estimate of drug-likeness (QED) is 0.904. The molecule has 5 nitrogen and oxygen atoms in total. The first kappa shape index (κ1) is 12.9. The SMILES string of the molecule is CCNCc1nnc(N2CCCC3CCCCC32)o1. The van der Waals surface area contributed by atoms with E-state index in [1.165, 1.54) is 38.5 Å². The first-order valence-corrected chi connectivity index (χ1v) is 7.68. The third-order valence-electron chi connectivity index (χ3n) is 4.47. The predicted octanol–water partition coefficient (Wildman–Crippen LogP) is 2.34. The molecule has 2 atom stereocenters. The minimum atomic E-state index is 0.634. The van der Waals surface area contributed by atoms with E-state index < -0.39 is 0 Å². The van der Waals surface area contributed by atoms with Crippen LogP contribution in [0, 0.1) is 5.92 Å². The number of aromatic nitrogens is 2. The maximum atomic E-state index is 5.82. The molecule has 1 aromatic heterocycles. The number of anilines is 1. The Kier molecular flexibility index (Phi) is 4.01. The van der Waals surface area contributed by atoms with Gasteiger partial charge in [-0.25, -0.2) is 0 Å². The van der Waals surface area contributed by atoms with Crippen LogP contribution in [0.25, 0.3) is 0 Å². The maximum Gasteiger partial charge on any atom is 0.318 e. The second-order valence-corrected chi connectivity index (χ2v) is 5.71. The lowest BCUT2D eigenvalue weighted by Gasteiger charge is -2.43. The molecule has 1 aliphatic carbocycles. The lowest BCUT2D eigenvalue weighted by molar-refractivity contribution is 0.234. The Morgan fingerprint density at radius 1 is 1.21 bits per heavy atom. The second-order valence-electron chi connectivity index (χ2n) is 5.71. The van der Waals surface area contributed by atoms with E-state index in [0.717, 1.165) is 25.0 Å². The molecule has 0 spiro atoms. The third-order valence-corrected chi connectivity index (χ3v) is 4.47. The summed E-state index contributed by atoms with van der Waals surface area (Å²) in [5.41, 5.74) is 0. The van der Waals surface area contributed by atoms with E-state index in [1.54, 1.807) is 0 Å². The van der Waals surface area contributed by atoms with Gasteiger partial charge in [0.1, 0.15) is 0 Å². The van der Waals surface area contributed by atoms with Gasteiger partial charge in [0.15, 0.2) is 0 Å². The Morgan fingerprint density at radius 3 is 2.95 bits per heavy atom. The van der Waals surface area contributed by atoms with Crippen molar-refractivity contribution in [1.82, 2.24) is 15.5 Å². The highest BCUT2D eigenvalue weighted by Crippen LogP contribution is 2.37. The molecule has 1 saturated heterocycles. The first-order chi connectivity index (χ1) is 9.38. The van der Waals surface area contributed by atoms with E-state index >= 15 is 0 Å². The molecule has 1 aliphatic heterocycles. The van der Waals surface area contributed by atoms with Crippen LogP contribution in [0.4, 0.5) is 6.01 Å². The van der Waals surface area contributed by atoms with Crippen molar-refractivity contribution in [1.29, 1.82) is 0 Å². The van der Waals surface area contributed by atoms with Gasteiger partial charge >= 0.3 is 6.01 Å². The minimum Gasteiger partial charge on any atom is -0.407 e. The molecule has 5 heteroatoms. The molecule has 2 aliphatic rings. The number of nitrogens with zero attached hydrogens (tertiary/aromatic N) is 3. The van der Waals surface area contributed by atoms with Gasteiger partial charge in [0, 0.05) is 12.6 Å². The van der Waals surface area contributed by atoms with Gasteiger partial charge in [-0.05, 0) is 38.1 Å². The fourth-order valence-electron chi connectivity index (χ4n) is 3.53. The zero-order valence-corrected chi connectivity index (χ0v) is 11.8. The molecule has 1 aromatic rings. The van der Waals surface area contributed by atoms with Crippen molar-refractivity contribution in [2.45, 2.75) is 58.0 Å². The van der Waals surface area contributed by atoms with Crippen LogP contribution in [0.15, 0.2) is 4.42 Å². The number of hydrogen-bond acceptors (Lipinski definition) is 5. The van der Waals surface area contributed by atoms with Crippen molar-refractivity contribution < 1.29 is 4.42 Å². The van der Waals surface area contributed by atoms with Crippen LogP contribution in [0.2, 0.25) is 0 Å². The number of nitrogens with one attached hydrogen (secondary N) is 1. The molecule has 1 saturated carbocycles. The molecule has 0 radical (unpaired) electrons. The van der Waals surface area contributed by atoms with Gasteiger partial charge in [0.25, 0.3) is 0 Å². The average Bonchev–Trinajstić information content (AvgIpc) is 2.93. The second kappa shape index (κ2) is 5.90. The summed E-state index contributed by atoms with van der Waals surface area (Å²) in [5.74, 6) is 1.54.